The van der Waals surface area contributed by atoms with Gasteiger partial charge in [0.15, 0.2) is 0 Å². The topological polar surface area (TPSA) is 42.3 Å². The second-order valence-electron chi connectivity index (χ2n) is 6.17. The van der Waals surface area contributed by atoms with Crippen LogP contribution in [0.1, 0.15) is 28.1 Å². The summed E-state index contributed by atoms with van der Waals surface area (Å²) < 4.78 is 2.18. The molecule has 1 aliphatic rings. The molecule has 0 spiro atoms. The van der Waals surface area contributed by atoms with Crippen LogP contribution in [-0.4, -0.2) is 27.7 Å². The summed E-state index contributed by atoms with van der Waals surface area (Å²) >= 11 is 0.990. The van der Waals surface area contributed by atoms with Gasteiger partial charge in [-0.25, -0.2) is 0 Å². The van der Waals surface area contributed by atoms with E-state index in [9.17, 15) is 9.59 Å². The molecule has 2 heterocycles. The molecule has 0 atom stereocenters. The maximum absolute atomic E-state index is 12.1. The summed E-state index contributed by atoms with van der Waals surface area (Å²) in [7, 11) is 1.51. The Morgan fingerprint density at radius 2 is 1.71 bits per heavy atom. The Kier molecular flexibility index (Phi) is 4.13. The number of amides is 2. The van der Waals surface area contributed by atoms with Crippen molar-refractivity contribution in [2.24, 2.45) is 0 Å². The van der Waals surface area contributed by atoms with E-state index in [2.05, 4.69) is 36.6 Å². The number of aromatic nitrogens is 1. The van der Waals surface area contributed by atoms with Crippen molar-refractivity contribution < 1.29 is 9.59 Å². The van der Waals surface area contributed by atoms with E-state index in [1.165, 1.54) is 18.2 Å². The molecule has 0 N–H and O–H groups in total. The number of carbonyl (C=O) groups excluding carboxylic acids is 2. The quantitative estimate of drug-likeness (QED) is 0.762. The van der Waals surface area contributed by atoms with Gasteiger partial charge in [-0.05, 0) is 80.4 Å². The van der Waals surface area contributed by atoms with Gasteiger partial charge in [-0.3, -0.25) is 14.5 Å². The van der Waals surface area contributed by atoms with Gasteiger partial charge < -0.3 is 4.57 Å². The highest BCUT2D eigenvalue weighted by atomic mass is 32.2. The zero-order valence-corrected chi connectivity index (χ0v) is 15.3. The fourth-order valence-electron chi connectivity index (χ4n) is 2.88. The first-order valence-corrected chi connectivity index (χ1v) is 8.59. The van der Waals surface area contributed by atoms with Crippen LogP contribution in [0.3, 0.4) is 0 Å². The largest absolute Gasteiger partial charge is 0.318 e. The first-order valence-electron chi connectivity index (χ1n) is 7.77. The number of hydrogen-bond donors (Lipinski definition) is 0. The van der Waals surface area contributed by atoms with E-state index in [4.69, 9.17) is 0 Å². The van der Waals surface area contributed by atoms with E-state index >= 15 is 0 Å². The fraction of sp³-hybridized carbons (Fsp3) is 0.263. The molecular weight excluding hydrogens is 320 g/mol. The molecule has 1 aromatic heterocycles. The molecule has 0 radical (unpaired) electrons. The van der Waals surface area contributed by atoms with Gasteiger partial charge in [0, 0.05) is 24.1 Å². The van der Waals surface area contributed by atoms with Crippen molar-refractivity contribution in [3.05, 3.63) is 57.2 Å². The van der Waals surface area contributed by atoms with Crippen molar-refractivity contribution >= 4 is 29.0 Å². The molecule has 124 valence electrons. The second-order valence-corrected chi connectivity index (χ2v) is 7.16. The molecule has 3 rings (SSSR count). The highest BCUT2D eigenvalue weighted by Crippen LogP contribution is 2.32. The minimum atomic E-state index is -0.235. The first kappa shape index (κ1) is 16.6. The van der Waals surface area contributed by atoms with E-state index in [0.717, 1.165) is 39.3 Å². The van der Waals surface area contributed by atoms with Crippen molar-refractivity contribution in [1.29, 1.82) is 0 Å². The summed E-state index contributed by atoms with van der Waals surface area (Å²) in [5.41, 5.74) is 6.73. The summed E-state index contributed by atoms with van der Waals surface area (Å²) in [6, 6.07) is 8.44. The van der Waals surface area contributed by atoms with Crippen molar-refractivity contribution in [1.82, 2.24) is 9.47 Å². The predicted octanol–water partition coefficient (Wildman–Crippen LogP) is 4.38. The molecule has 1 saturated heterocycles. The number of rotatable bonds is 2. The first-order chi connectivity index (χ1) is 11.3. The Morgan fingerprint density at radius 1 is 1.00 bits per heavy atom. The van der Waals surface area contributed by atoms with Gasteiger partial charge in [-0.1, -0.05) is 6.07 Å². The molecule has 5 heteroatoms. The molecule has 0 aliphatic carbocycles. The average Bonchev–Trinajstić information content (AvgIpc) is 2.94. The molecule has 1 aromatic carbocycles. The van der Waals surface area contributed by atoms with Crippen LogP contribution in [0.4, 0.5) is 4.79 Å². The molecule has 1 aliphatic heterocycles. The van der Waals surface area contributed by atoms with Crippen LogP contribution >= 0.6 is 11.8 Å². The highest BCUT2D eigenvalue weighted by Gasteiger charge is 2.32. The number of thioether (sulfide) groups is 1. The van der Waals surface area contributed by atoms with Crippen LogP contribution in [0.2, 0.25) is 0 Å². The molecule has 2 amide bonds. The van der Waals surface area contributed by atoms with Crippen LogP contribution in [0.25, 0.3) is 11.8 Å². The van der Waals surface area contributed by atoms with Gasteiger partial charge >= 0.3 is 0 Å². The van der Waals surface area contributed by atoms with E-state index in [-0.39, 0.29) is 11.1 Å². The van der Waals surface area contributed by atoms with E-state index in [1.54, 1.807) is 0 Å². The van der Waals surface area contributed by atoms with E-state index < -0.39 is 0 Å². The van der Waals surface area contributed by atoms with Crippen LogP contribution < -0.4 is 0 Å². The van der Waals surface area contributed by atoms with Gasteiger partial charge in [-0.15, -0.1) is 0 Å². The van der Waals surface area contributed by atoms with Crippen LogP contribution in [-0.2, 0) is 4.79 Å². The SMILES string of the molecule is Cc1ccc(-n2c(C)cc(/C=C3\SC(=O)N(C)C3=O)c2C)cc1C. The molecule has 1 fully saturated rings. The summed E-state index contributed by atoms with van der Waals surface area (Å²) in [5, 5.41) is -0.228. The summed E-state index contributed by atoms with van der Waals surface area (Å²) in [6.45, 7) is 8.28. The van der Waals surface area contributed by atoms with Crippen LogP contribution in [0.15, 0.2) is 29.2 Å². The van der Waals surface area contributed by atoms with Crippen molar-refractivity contribution in [3.63, 3.8) is 0 Å². The predicted molar refractivity (Wildman–Crippen MR) is 98.5 cm³/mol. The Hall–Kier alpha value is -2.27. The Balaban J connectivity index is 2.06. The number of benzene rings is 1. The third-order valence-electron chi connectivity index (χ3n) is 4.49. The lowest BCUT2D eigenvalue weighted by molar-refractivity contribution is -0.121. The van der Waals surface area contributed by atoms with Gasteiger partial charge in [0.2, 0.25) is 0 Å². The van der Waals surface area contributed by atoms with Gasteiger partial charge in [0.05, 0.1) is 4.91 Å². The molecule has 4 nitrogen and oxygen atoms in total. The molecule has 0 saturated carbocycles. The zero-order valence-electron chi connectivity index (χ0n) is 14.5. The fourth-order valence-corrected chi connectivity index (χ4v) is 3.70. The minimum absolute atomic E-state index is 0.228. The maximum Gasteiger partial charge on any atom is 0.293 e. The van der Waals surface area contributed by atoms with Crippen LogP contribution in [0, 0.1) is 27.7 Å². The number of aryl methyl sites for hydroxylation is 3. The Morgan fingerprint density at radius 3 is 2.29 bits per heavy atom. The third-order valence-corrected chi connectivity index (χ3v) is 5.45. The normalized spacial score (nSPS) is 16.5. The van der Waals surface area contributed by atoms with Gasteiger partial charge in [0.1, 0.15) is 0 Å². The molecular formula is C19H20N2O2S. The second kappa shape index (κ2) is 5.98. The molecule has 0 unspecified atom stereocenters. The van der Waals surface area contributed by atoms with E-state index in [0.29, 0.717) is 4.91 Å². The number of hydrogen-bond acceptors (Lipinski definition) is 3. The number of carbonyl (C=O) groups is 2. The lowest BCUT2D eigenvalue weighted by Crippen LogP contribution is -2.22. The van der Waals surface area contributed by atoms with Crippen molar-refractivity contribution in [2.75, 3.05) is 7.05 Å². The van der Waals surface area contributed by atoms with Crippen molar-refractivity contribution in [3.8, 4) is 5.69 Å². The monoisotopic (exact) mass is 340 g/mol. The highest BCUT2D eigenvalue weighted by molar-refractivity contribution is 8.18. The number of nitrogens with zero attached hydrogens (tertiary/aromatic N) is 2. The smallest absolute Gasteiger partial charge is 0.293 e. The van der Waals surface area contributed by atoms with Crippen LogP contribution in [0.5, 0.6) is 0 Å². The summed E-state index contributed by atoms with van der Waals surface area (Å²) in [4.78, 5) is 25.4. The zero-order chi connectivity index (χ0) is 17.6. The lowest BCUT2D eigenvalue weighted by Gasteiger charge is -2.11. The average molecular weight is 340 g/mol. The lowest BCUT2D eigenvalue weighted by atomic mass is 10.1. The maximum atomic E-state index is 12.1. The van der Waals surface area contributed by atoms with Crippen molar-refractivity contribution in [2.45, 2.75) is 27.7 Å². The summed E-state index contributed by atoms with van der Waals surface area (Å²) in [5.74, 6) is -0.235. The summed E-state index contributed by atoms with van der Waals surface area (Å²) in [6.07, 6.45) is 1.81. The third kappa shape index (κ3) is 2.69. The van der Waals surface area contributed by atoms with Gasteiger partial charge in [0.25, 0.3) is 11.1 Å². The van der Waals surface area contributed by atoms with Gasteiger partial charge in [-0.2, -0.15) is 0 Å². The minimum Gasteiger partial charge on any atom is -0.318 e. The Bertz CT molecular complexity index is 893. The molecule has 2 aromatic rings. The number of imide groups is 1. The molecule has 24 heavy (non-hydrogen) atoms. The standard InChI is InChI=1S/C19H20N2O2S/c1-11-6-7-16(8-12(11)2)21-13(3)9-15(14(21)4)10-17-18(22)20(5)19(23)24-17/h6-10H,1-5H3/b17-10-. The molecule has 0 bridgehead atoms. The van der Waals surface area contributed by atoms with E-state index in [1.807, 2.05) is 26.0 Å². The number of likely N-dealkylation sites (N-methyl/N-ethyl adjacent to an activating group) is 1. The Labute approximate surface area is 146 Å².